The first-order valence-corrected chi connectivity index (χ1v) is 18.7. The zero-order valence-corrected chi connectivity index (χ0v) is 36.4. The molecule has 4 heterocycles. The molecule has 0 fully saturated rings. The number of pyridine rings is 2. The second-order valence-electron chi connectivity index (χ2n) is 14.9. The van der Waals surface area contributed by atoms with Crippen LogP contribution >= 0.6 is 0 Å². The van der Waals surface area contributed by atoms with Crippen molar-refractivity contribution in [3.8, 4) is 51.5 Å². The zero-order chi connectivity index (χ0) is 38.1. The van der Waals surface area contributed by atoms with Crippen LogP contribution in [0.1, 0.15) is 49.9 Å². The molecule has 290 valence electrons. The van der Waals surface area contributed by atoms with Gasteiger partial charge in [-0.05, 0) is 68.1 Å². The molecule has 0 aliphatic rings. The maximum atomic E-state index is 6.55. The van der Waals surface area contributed by atoms with Crippen LogP contribution in [0.5, 0.6) is 23.0 Å². The minimum absolute atomic E-state index is 0. The van der Waals surface area contributed by atoms with Crippen LogP contribution in [-0.2, 0) is 54.3 Å². The Morgan fingerprint density at radius 1 is 0.544 bits per heavy atom. The topological polar surface area (TPSA) is 75.0 Å². The quantitative estimate of drug-likeness (QED) is 0.0949. The van der Waals surface area contributed by atoms with Gasteiger partial charge in [0.25, 0.3) is 0 Å². The van der Waals surface area contributed by atoms with Crippen molar-refractivity contribution in [1.82, 2.24) is 24.5 Å². The maximum absolute atomic E-state index is 6.55. The van der Waals surface area contributed by atoms with Gasteiger partial charge >= 0.3 is 41.5 Å². The van der Waals surface area contributed by atoms with Gasteiger partial charge in [-0.3, -0.25) is 0 Å². The number of hydrogen-bond donors (Lipinski definition) is 0. The van der Waals surface area contributed by atoms with Crippen LogP contribution in [0.25, 0.3) is 50.3 Å². The van der Waals surface area contributed by atoms with Crippen LogP contribution in [-0.4, -0.2) is 24.5 Å². The monoisotopic (exact) mass is 1020 g/mol. The Labute approximate surface area is 362 Å². The molecule has 57 heavy (non-hydrogen) atoms. The number of ether oxygens (including phenoxy) is 2. The molecule has 0 aliphatic heterocycles. The fraction of sp³-hybridized carbons (Fsp3) is 0.208. The average molecular weight is 1020 g/mol. The van der Waals surface area contributed by atoms with Crippen LogP contribution in [0, 0.1) is 49.9 Å². The SMILES string of the molecule is Cc1ccnc(-c2[c-]c(Oc3[c-]c4c(cc3)c3ccc(Oc5[c-]c(-c6cc(C)ccn6)cc(CC(C)C)c5)[c-]c3n4-c3ncccn3)cc(CC(C)C)c2)c1.[Pd+2].[Pt+2]. The average Bonchev–Trinajstić information content (AvgIpc) is 3.47. The predicted molar refractivity (Wildman–Crippen MR) is 218 cm³/mol. The van der Waals surface area contributed by atoms with Crippen molar-refractivity contribution in [2.45, 2.75) is 54.4 Å². The van der Waals surface area contributed by atoms with Crippen LogP contribution in [0.4, 0.5) is 0 Å². The molecule has 0 amide bonds. The van der Waals surface area contributed by atoms with Gasteiger partial charge in [-0.25, -0.2) is 9.97 Å². The summed E-state index contributed by atoms with van der Waals surface area (Å²) in [6.07, 6.45) is 8.92. The smallest absolute Gasteiger partial charge is 0.503 e. The van der Waals surface area contributed by atoms with Crippen molar-refractivity contribution < 1.29 is 51.0 Å². The molecule has 7 nitrogen and oxygen atoms in total. The summed E-state index contributed by atoms with van der Waals surface area (Å²) in [6.45, 7) is 13.0. The Morgan fingerprint density at radius 3 is 1.42 bits per heavy atom. The van der Waals surface area contributed by atoms with E-state index in [1.807, 2.05) is 53.4 Å². The molecule has 0 saturated heterocycles. The van der Waals surface area contributed by atoms with E-state index in [2.05, 4.69) is 122 Å². The van der Waals surface area contributed by atoms with Gasteiger partial charge in [-0.15, -0.1) is 58.7 Å². The molecular weight excluding hydrogens is 980 g/mol. The van der Waals surface area contributed by atoms with Crippen LogP contribution in [0.3, 0.4) is 0 Å². The van der Waals surface area contributed by atoms with E-state index in [0.29, 0.717) is 40.8 Å². The van der Waals surface area contributed by atoms with Gasteiger partial charge in [0, 0.05) is 47.8 Å². The van der Waals surface area contributed by atoms with Crippen LogP contribution in [0.15, 0.2) is 104 Å². The van der Waals surface area contributed by atoms with E-state index < -0.39 is 0 Å². The van der Waals surface area contributed by atoms with Crippen molar-refractivity contribution in [2.24, 2.45) is 11.8 Å². The van der Waals surface area contributed by atoms with E-state index in [0.717, 1.165) is 79.4 Å². The van der Waals surface area contributed by atoms with Crippen molar-refractivity contribution >= 4 is 21.8 Å². The minimum atomic E-state index is 0. The summed E-state index contributed by atoms with van der Waals surface area (Å²) in [5.74, 6) is 3.71. The third kappa shape index (κ3) is 9.59. The van der Waals surface area contributed by atoms with Crippen molar-refractivity contribution in [2.75, 3.05) is 0 Å². The molecule has 8 rings (SSSR count). The molecule has 0 atom stereocenters. The van der Waals surface area contributed by atoms with Crippen LogP contribution in [0.2, 0.25) is 0 Å². The van der Waals surface area contributed by atoms with Crippen molar-refractivity contribution in [3.05, 3.63) is 150 Å². The van der Waals surface area contributed by atoms with E-state index >= 15 is 0 Å². The first-order valence-electron chi connectivity index (χ1n) is 18.7. The Bertz CT molecular complexity index is 2500. The fourth-order valence-corrected chi connectivity index (χ4v) is 6.92. The summed E-state index contributed by atoms with van der Waals surface area (Å²) in [7, 11) is 0. The summed E-state index contributed by atoms with van der Waals surface area (Å²) < 4.78 is 15.0. The number of nitrogens with zero attached hydrogens (tertiary/aromatic N) is 5. The minimum Gasteiger partial charge on any atom is -0.503 e. The number of hydrogen-bond acceptors (Lipinski definition) is 6. The number of aryl methyl sites for hydroxylation is 2. The third-order valence-electron chi connectivity index (χ3n) is 9.20. The van der Waals surface area contributed by atoms with Gasteiger partial charge in [0.05, 0.1) is 0 Å². The first-order chi connectivity index (χ1) is 26.6. The van der Waals surface area contributed by atoms with Gasteiger partial charge < -0.3 is 24.0 Å². The summed E-state index contributed by atoms with van der Waals surface area (Å²) >= 11 is 0. The molecule has 0 saturated carbocycles. The summed E-state index contributed by atoms with van der Waals surface area (Å²) in [5, 5.41) is 1.91. The molecule has 0 radical (unpaired) electrons. The normalized spacial score (nSPS) is 11.2. The molecule has 0 spiro atoms. The Morgan fingerprint density at radius 2 is 1.00 bits per heavy atom. The van der Waals surface area contributed by atoms with E-state index in [1.165, 1.54) is 0 Å². The Kier molecular flexibility index (Phi) is 13.2. The number of benzene rings is 4. The van der Waals surface area contributed by atoms with E-state index in [4.69, 9.17) is 9.47 Å². The molecule has 0 aliphatic carbocycles. The van der Waals surface area contributed by atoms with Crippen molar-refractivity contribution in [3.63, 3.8) is 0 Å². The molecule has 0 unspecified atom stereocenters. The third-order valence-corrected chi connectivity index (χ3v) is 9.20. The molecular formula is C48H41N5O2PdPt. The number of rotatable bonds is 11. The molecule has 0 bridgehead atoms. The predicted octanol–water partition coefficient (Wildman–Crippen LogP) is 11.5. The standard InChI is InChI=1S/C48H41N5O2.Pd.Pt/c1-30(2)18-34-22-36(44-20-32(5)12-16-49-44)26-40(24-34)54-38-8-10-42-43-11-9-39(29-47(43)53(46(42)28-38)48-51-14-7-15-52-48)55-41-25-35(19-31(3)4)23-37(27-41)45-21-33(6)13-17-50-45;;/h7-17,20-25,30-31H,18-19H2,1-6H3;;/q-4;2*+2. The van der Waals surface area contributed by atoms with Gasteiger partial charge in [-0.1, -0.05) is 86.3 Å². The van der Waals surface area contributed by atoms with Gasteiger partial charge in [0.15, 0.2) is 0 Å². The van der Waals surface area contributed by atoms with Gasteiger partial charge in [-0.2, -0.15) is 22.9 Å². The molecule has 4 aromatic heterocycles. The zero-order valence-electron chi connectivity index (χ0n) is 32.6. The Hall–Kier alpha value is -4.99. The van der Waals surface area contributed by atoms with E-state index in [9.17, 15) is 0 Å². The first kappa shape index (κ1) is 41.6. The summed E-state index contributed by atoms with van der Waals surface area (Å²) in [6, 6.07) is 40.3. The molecule has 0 N–H and O–H groups in total. The second kappa shape index (κ2) is 18.1. The Balaban J connectivity index is 0.00000275. The molecule has 4 aromatic carbocycles. The summed E-state index contributed by atoms with van der Waals surface area (Å²) in [4.78, 5) is 18.5. The van der Waals surface area contributed by atoms with Gasteiger partial charge in [0.2, 0.25) is 5.95 Å². The molecule has 8 aromatic rings. The molecule has 9 heteroatoms. The fourth-order valence-electron chi connectivity index (χ4n) is 6.92. The second-order valence-corrected chi connectivity index (χ2v) is 14.9. The summed E-state index contributed by atoms with van der Waals surface area (Å²) in [5.41, 5.74) is 9.59. The van der Waals surface area contributed by atoms with E-state index in [1.54, 1.807) is 18.5 Å². The van der Waals surface area contributed by atoms with Crippen molar-refractivity contribution in [1.29, 1.82) is 0 Å². The maximum Gasteiger partial charge on any atom is 2.00 e. The van der Waals surface area contributed by atoms with Crippen LogP contribution < -0.4 is 9.47 Å². The number of fused-ring (bicyclic) bond motifs is 3. The van der Waals surface area contributed by atoms with E-state index in [-0.39, 0.29) is 41.5 Å². The van der Waals surface area contributed by atoms with Gasteiger partial charge in [0.1, 0.15) is 0 Å². The largest absolute Gasteiger partial charge is 2.00 e. The number of aromatic nitrogens is 5.